The Balaban J connectivity index is 1.12. The molecule has 0 radical (unpaired) electrons. The first kappa shape index (κ1) is 35.4. The maximum Gasteiger partial charge on any atom is 0.273 e. The van der Waals surface area contributed by atoms with Crippen LogP contribution in [0.5, 0.6) is 0 Å². The number of rotatable bonds is 15. The van der Waals surface area contributed by atoms with Crippen LogP contribution in [0.3, 0.4) is 0 Å². The molecular weight excluding hydrogens is 671 g/mol. The lowest BCUT2D eigenvalue weighted by molar-refractivity contribution is -0.487. The lowest BCUT2D eigenvalue weighted by atomic mass is 9.83. The maximum absolute atomic E-state index is 15.6. The number of aliphatic hydroxyl groups excluding tert-OH is 1. The molecule has 1 aliphatic carbocycles. The summed E-state index contributed by atoms with van der Waals surface area (Å²) in [6.45, 7) is 0.121. The topological polar surface area (TPSA) is 103 Å². The van der Waals surface area contributed by atoms with Gasteiger partial charge in [-0.25, -0.2) is 4.39 Å². The van der Waals surface area contributed by atoms with E-state index in [1.807, 2.05) is 121 Å². The second kappa shape index (κ2) is 16.6. The monoisotopic (exact) mass is 714 g/mol. The molecule has 4 aromatic carbocycles. The van der Waals surface area contributed by atoms with E-state index in [0.717, 1.165) is 22.3 Å². The molecule has 10 nitrogen and oxygen atoms in total. The van der Waals surface area contributed by atoms with Gasteiger partial charge in [-0.1, -0.05) is 121 Å². The molecule has 4 saturated heterocycles. The Bertz CT molecular complexity index is 1650. The normalized spacial score (nSPS) is 33.7. The van der Waals surface area contributed by atoms with Crippen molar-refractivity contribution in [1.82, 2.24) is 0 Å². The first-order chi connectivity index (χ1) is 25.6. The van der Waals surface area contributed by atoms with Gasteiger partial charge in [0, 0.05) is 0 Å². The predicted molar refractivity (Wildman–Crippen MR) is 184 cm³/mol. The lowest BCUT2D eigenvalue weighted by Gasteiger charge is -2.57. The van der Waals surface area contributed by atoms with Gasteiger partial charge in [-0.15, -0.1) is 0 Å². The Hall–Kier alpha value is -3.59. The predicted octanol–water partition coefficient (Wildman–Crippen LogP) is 5.25. The van der Waals surface area contributed by atoms with Crippen LogP contribution in [-0.2, 0) is 69.1 Å². The quantitative estimate of drug-likeness (QED) is 0.176. The van der Waals surface area contributed by atoms with E-state index in [-0.39, 0.29) is 26.4 Å². The number of aliphatic hydroxyl groups is 1. The van der Waals surface area contributed by atoms with Crippen LogP contribution in [0.1, 0.15) is 22.3 Å². The summed E-state index contributed by atoms with van der Waals surface area (Å²) in [4.78, 5) is 0. The van der Waals surface area contributed by atoms with Crippen LogP contribution in [-0.4, -0.2) is 85.6 Å². The molecule has 12 atom stereocenters. The van der Waals surface area contributed by atoms with E-state index in [1.54, 1.807) is 0 Å². The van der Waals surface area contributed by atoms with E-state index < -0.39 is 73.9 Å². The number of halogens is 1. The fraction of sp³-hybridized carbons (Fsp3) is 0.415. The van der Waals surface area contributed by atoms with E-state index in [1.165, 1.54) is 0 Å². The average Bonchev–Trinajstić information content (AvgIpc) is 3.19. The summed E-state index contributed by atoms with van der Waals surface area (Å²) in [6, 6.07) is 39.3. The molecule has 0 spiro atoms. The van der Waals surface area contributed by atoms with Gasteiger partial charge < -0.3 is 47.7 Å². The Morgan fingerprint density at radius 2 is 0.962 bits per heavy atom. The van der Waals surface area contributed by atoms with Crippen molar-refractivity contribution in [3.05, 3.63) is 144 Å². The molecule has 9 rings (SSSR count). The maximum atomic E-state index is 15.6. The molecule has 1 unspecified atom stereocenters. The first-order valence-electron chi connectivity index (χ1n) is 17.8. The van der Waals surface area contributed by atoms with Crippen LogP contribution in [0.15, 0.2) is 121 Å². The molecular formula is C41H43FO10. The van der Waals surface area contributed by atoms with Gasteiger partial charge in [0.2, 0.25) is 0 Å². The van der Waals surface area contributed by atoms with Gasteiger partial charge in [-0.05, 0) is 22.3 Å². The summed E-state index contributed by atoms with van der Waals surface area (Å²) < 4.78 is 72.5. The van der Waals surface area contributed by atoms with Crippen LogP contribution in [0.25, 0.3) is 0 Å². The van der Waals surface area contributed by atoms with Crippen LogP contribution in [0.2, 0.25) is 0 Å². The largest absolute Gasteiger partial charge is 0.387 e. The molecule has 5 aliphatic rings. The summed E-state index contributed by atoms with van der Waals surface area (Å²) in [7, 11) is 0. The Morgan fingerprint density at radius 3 is 1.52 bits per heavy atom. The fourth-order valence-corrected chi connectivity index (χ4v) is 7.24. The number of benzene rings is 4. The fourth-order valence-electron chi connectivity index (χ4n) is 7.24. The SMILES string of the molecule is O[C@@H]1[C@H]2OC3O[C@@H]1[C@@H](F)[C@H](O3)[C@@H]2O[C@H]1O[C@H](COCc2ccccc2)[C@@H](OCc2ccccc2)[C@H](OCc2ccccc2)[C@H]1OCc1ccccc1. The molecule has 0 amide bonds. The molecule has 1 saturated carbocycles. The van der Waals surface area contributed by atoms with Gasteiger partial charge in [0.25, 0.3) is 6.48 Å². The van der Waals surface area contributed by atoms with Crippen molar-refractivity contribution in [1.29, 1.82) is 0 Å². The van der Waals surface area contributed by atoms with E-state index in [0.29, 0.717) is 6.61 Å². The van der Waals surface area contributed by atoms with E-state index >= 15 is 4.39 Å². The lowest BCUT2D eigenvalue weighted by Crippen LogP contribution is -2.75. The second-order valence-corrected chi connectivity index (χ2v) is 13.5. The Kier molecular flexibility index (Phi) is 11.3. The minimum absolute atomic E-state index is 0.127. The zero-order valence-corrected chi connectivity index (χ0v) is 28.5. The molecule has 1 N–H and O–H groups in total. The molecule has 52 heavy (non-hydrogen) atoms. The Labute approximate surface area is 302 Å². The minimum atomic E-state index is -1.64. The van der Waals surface area contributed by atoms with Gasteiger partial charge in [0.1, 0.15) is 54.9 Å². The van der Waals surface area contributed by atoms with Crippen molar-refractivity contribution < 1.29 is 52.1 Å². The highest BCUT2D eigenvalue weighted by Gasteiger charge is 2.64. The standard InChI is InChI=1S/C41H43FO10/c42-31-34-32(43)36-38(35(31)51-41(50-34)52-36)49-40-39(47-24-29-19-11-4-12-20-29)37(46-23-28-17-9-3-10-18-28)33(45-22-27-15-7-2-8-16-27)30(48-40)25-44-21-26-13-5-1-6-14-26/h1-20,30-41,43H,21-25H2/t30-,31-,32+,33-,34-,35+,36-,37+,38+,39-,40-,41?/m1/s1. The van der Waals surface area contributed by atoms with Gasteiger partial charge in [0.15, 0.2) is 12.5 Å². The van der Waals surface area contributed by atoms with E-state index in [9.17, 15) is 5.11 Å². The highest BCUT2D eigenvalue weighted by molar-refractivity contribution is 5.17. The van der Waals surface area contributed by atoms with E-state index in [4.69, 9.17) is 42.6 Å². The van der Waals surface area contributed by atoms with Crippen LogP contribution in [0, 0.1) is 0 Å². The van der Waals surface area contributed by atoms with Gasteiger partial charge in [0.05, 0.1) is 33.0 Å². The summed E-state index contributed by atoms with van der Waals surface area (Å²) in [5, 5.41) is 11.0. The van der Waals surface area contributed by atoms with Crippen LogP contribution >= 0.6 is 0 Å². The molecule has 4 aromatic rings. The molecule has 274 valence electrons. The molecule has 0 aromatic heterocycles. The highest BCUT2D eigenvalue weighted by atomic mass is 19.1. The van der Waals surface area contributed by atoms with Crippen LogP contribution in [0.4, 0.5) is 4.39 Å². The van der Waals surface area contributed by atoms with Crippen LogP contribution < -0.4 is 0 Å². The minimum Gasteiger partial charge on any atom is -0.387 e. The number of hydrogen-bond donors (Lipinski definition) is 1. The van der Waals surface area contributed by atoms with Crippen molar-refractivity contribution in [2.45, 2.75) is 100 Å². The van der Waals surface area contributed by atoms with E-state index in [2.05, 4.69) is 0 Å². The highest BCUT2D eigenvalue weighted by Crippen LogP contribution is 2.44. The third-order valence-corrected chi connectivity index (χ3v) is 9.89. The number of hydrogen-bond acceptors (Lipinski definition) is 10. The van der Waals surface area contributed by atoms with Crippen molar-refractivity contribution in [3.63, 3.8) is 0 Å². The molecule has 5 fully saturated rings. The zero-order valence-electron chi connectivity index (χ0n) is 28.5. The Morgan fingerprint density at radius 1 is 0.500 bits per heavy atom. The average molecular weight is 715 g/mol. The third kappa shape index (κ3) is 7.99. The second-order valence-electron chi connectivity index (χ2n) is 13.5. The summed E-state index contributed by atoms with van der Waals surface area (Å²) in [5.74, 6) is 0. The van der Waals surface area contributed by atoms with Crippen molar-refractivity contribution in [3.8, 4) is 0 Å². The van der Waals surface area contributed by atoms with Crippen molar-refractivity contribution in [2.24, 2.45) is 0 Å². The van der Waals surface area contributed by atoms with Gasteiger partial charge in [-0.3, -0.25) is 0 Å². The summed E-state index contributed by atoms with van der Waals surface area (Å²) >= 11 is 0. The number of alkyl halides is 1. The smallest absolute Gasteiger partial charge is 0.273 e. The molecule has 4 aliphatic heterocycles. The number of ether oxygens (including phenoxy) is 9. The molecule has 4 bridgehead atoms. The van der Waals surface area contributed by atoms with Gasteiger partial charge in [-0.2, -0.15) is 0 Å². The molecule has 11 heteroatoms. The summed E-state index contributed by atoms with van der Waals surface area (Å²) in [5.41, 5.74) is 3.86. The van der Waals surface area contributed by atoms with Crippen molar-refractivity contribution >= 4 is 0 Å². The third-order valence-electron chi connectivity index (χ3n) is 9.89. The van der Waals surface area contributed by atoms with Crippen molar-refractivity contribution in [2.75, 3.05) is 6.61 Å². The van der Waals surface area contributed by atoms with Gasteiger partial charge >= 0.3 is 0 Å². The summed E-state index contributed by atoms with van der Waals surface area (Å²) in [6.07, 6.45) is -11.1. The first-order valence-corrected chi connectivity index (χ1v) is 17.8. The molecule has 4 heterocycles. The zero-order chi connectivity index (χ0) is 35.3.